The highest BCUT2D eigenvalue weighted by molar-refractivity contribution is 6.74. The third-order valence-corrected chi connectivity index (χ3v) is 26.2. The van der Waals surface area contributed by atoms with Crippen LogP contribution >= 0.6 is 0 Å². The fraction of sp³-hybridized carbons (Fsp3) is 0.592. The van der Waals surface area contributed by atoms with Crippen LogP contribution in [0.3, 0.4) is 0 Å². The van der Waals surface area contributed by atoms with E-state index >= 15 is 0 Å². The van der Waals surface area contributed by atoms with Crippen molar-refractivity contribution in [2.24, 2.45) is 0 Å². The second-order valence-electron chi connectivity index (χ2n) is 20.2. The van der Waals surface area contributed by atoms with Gasteiger partial charge in [0.05, 0.1) is 98.4 Å². The van der Waals surface area contributed by atoms with Crippen LogP contribution in [0.4, 0.5) is 0 Å². The Labute approximate surface area is 394 Å². The molecule has 0 saturated carbocycles. The van der Waals surface area contributed by atoms with Crippen LogP contribution in [0.2, 0.25) is 54.4 Å². The first kappa shape index (κ1) is 59.1. The highest BCUT2D eigenvalue weighted by atomic mass is 28.4. The SMILES string of the molecule is COC(=O)c1cc(OC)c(CO[Si](C)(C)C(C)(C)C)c(OC)c1.COc1cc(C=O)cc(OC)c1CO[Si](C)(C)C(C)(C)C.COc1cc(CO)cc(OC)c1CO[Si](C)(C)C(C)(C)C. The fourth-order valence-corrected chi connectivity index (χ4v) is 8.07. The number of esters is 1. The summed E-state index contributed by atoms with van der Waals surface area (Å²) < 4.78 is 55.9. The van der Waals surface area contributed by atoms with Gasteiger partial charge in [0.25, 0.3) is 0 Å². The van der Waals surface area contributed by atoms with Crippen molar-refractivity contribution in [2.75, 3.05) is 49.8 Å². The van der Waals surface area contributed by atoms with Crippen molar-refractivity contribution in [3.05, 3.63) is 69.8 Å². The minimum atomic E-state index is -1.90. The van der Waals surface area contributed by atoms with E-state index in [1.807, 2.05) is 12.1 Å². The molecule has 65 heavy (non-hydrogen) atoms. The molecule has 0 fully saturated rings. The van der Waals surface area contributed by atoms with Crippen LogP contribution in [0, 0.1) is 0 Å². The van der Waals surface area contributed by atoms with Crippen LogP contribution in [0.1, 0.15) is 105 Å². The minimum Gasteiger partial charge on any atom is -0.496 e. The zero-order valence-corrected chi connectivity index (χ0v) is 46.7. The lowest BCUT2D eigenvalue weighted by Crippen LogP contribution is -2.40. The number of aliphatic hydroxyl groups excluding tert-OH is 1. The molecule has 0 spiro atoms. The number of carbonyl (C=O) groups is 2. The quantitative estimate of drug-likeness (QED) is 0.0733. The number of carbonyl (C=O) groups excluding carboxylic acids is 2. The summed E-state index contributed by atoms with van der Waals surface area (Å²) in [6.45, 7) is 34.2. The molecule has 16 heteroatoms. The predicted octanol–water partition coefficient (Wildman–Crippen LogP) is 11.8. The molecule has 3 aromatic rings. The van der Waals surface area contributed by atoms with Gasteiger partial charge in [-0.2, -0.15) is 0 Å². The number of hydrogen-bond acceptors (Lipinski definition) is 13. The van der Waals surface area contributed by atoms with Crippen molar-refractivity contribution in [2.45, 2.75) is 143 Å². The summed E-state index contributed by atoms with van der Waals surface area (Å²) in [4.78, 5) is 22.7. The molecule has 13 nitrogen and oxygen atoms in total. The predicted molar refractivity (Wildman–Crippen MR) is 267 cm³/mol. The lowest BCUT2D eigenvalue weighted by Gasteiger charge is -2.36. The van der Waals surface area contributed by atoms with Gasteiger partial charge in [0, 0.05) is 5.56 Å². The van der Waals surface area contributed by atoms with Gasteiger partial charge in [0.15, 0.2) is 25.0 Å². The number of aldehydes is 1. The first-order valence-corrected chi connectivity index (χ1v) is 30.4. The third-order valence-electron chi connectivity index (χ3n) is 12.8. The molecule has 0 radical (unpaired) electrons. The Kier molecular flexibility index (Phi) is 22.5. The Morgan fingerprint density at radius 2 is 0.754 bits per heavy atom. The zero-order chi connectivity index (χ0) is 50.4. The Morgan fingerprint density at radius 3 is 0.969 bits per heavy atom. The van der Waals surface area contributed by atoms with Crippen LogP contribution < -0.4 is 28.4 Å². The molecule has 0 unspecified atom stereocenters. The average molecular weight is 963 g/mol. The van der Waals surface area contributed by atoms with Crippen LogP contribution in [0.15, 0.2) is 36.4 Å². The largest absolute Gasteiger partial charge is 0.496 e. The molecular formula is C49H82O13Si3. The van der Waals surface area contributed by atoms with Crippen molar-refractivity contribution >= 4 is 37.2 Å². The lowest BCUT2D eigenvalue weighted by molar-refractivity contribution is 0.0599. The van der Waals surface area contributed by atoms with Crippen molar-refractivity contribution in [3.63, 3.8) is 0 Å². The molecule has 0 bridgehead atoms. The van der Waals surface area contributed by atoms with Gasteiger partial charge in [-0.15, -0.1) is 0 Å². The second-order valence-corrected chi connectivity index (χ2v) is 34.6. The molecule has 0 aliphatic carbocycles. The van der Waals surface area contributed by atoms with E-state index < -0.39 is 30.9 Å². The summed E-state index contributed by atoms with van der Waals surface area (Å²) >= 11 is 0. The maximum atomic E-state index is 11.8. The highest BCUT2D eigenvalue weighted by Crippen LogP contribution is 2.42. The van der Waals surface area contributed by atoms with Crippen LogP contribution in [0.25, 0.3) is 0 Å². The molecule has 0 aliphatic heterocycles. The molecular weight excluding hydrogens is 881 g/mol. The Morgan fingerprint density at radius 1 is 0.492 bits per heavy atom. The standard InChI is InChI=1S/C17H28O5Si.C16H28O4Si.C16H26O4Si/c1-17(2,3)23(7,8)22-11-13-14(19-4)9-12(16(18)21-6)10-15(13)20-5;2*1-16(2,3)21(6,7)20-11-13-14(18-4)8-12(10-17)9-15(13)19-5/h9-10H,11H2,1-8H3;8-9,17H,10-11H2,1-7H3;8-10H,11H2,1-7H3. The summed E-state index contributed by atoms with van der Waals surface area (Å²) in [5.41, 5.74) is 4.21. The van der Waals surface area contributed by atoms with E-state index in [-0.39, 0.29) is 21.7 Å². The number of ether oxygens (including phenoxy) is 7. The van der Waals surface area contributed by atoms with Gasteiger partial charge in [-0.25, -0.2) is 4.79 Å². The van der Waals surface area contributed by atoms with E-state index in [9.17, 15) is 14.7 Å². The fourth-order valence-electron chi connectivity index (χ4n) is 5.26. The van der Waals surface area contributed by atoms with Crippen LogP contribution in [-0.4, -0.2) is 92.1 Å². The smallest absolute Gasteiger partial charge is 0.338 e. The summed E-state index contributed by atoms with van der Waals surface area (Å²) in [5, 5.41) is 9.70. The van der Waals surface area contributed by atoms with Crippen molar-refractivity contribution in [1.82, 2.24) is 0 Å². The van der Waals surface area contributed by atoms with Gasteiger partial charge < -0.3 is 51.5 Å². The molecule has 368 valence electrons. The normalized spacial score (nSPS) is 12.2. The molecule has 3 rings (SSSR count). The zero-order valence-electron chi connectivity index (χ0n) is 43.7. The molecule has 3 aromatic carbocycles. The topological polar surface area (TPSA) is 147 Å². The van der Waals surface area contributed by atoms with E-state index in [1.54, 1.807) is 66.9 Å². The molecule has 0 aliphatic rings. The number of methoxy groups -OCH3 is 7. The highest BCUT2D eigenvalue weighted by Gasteiger charge is 2.39. The molecule has 0 aromatic heterocycles. The van der Waals surface area contributed by atoms with Crippen molar-refractivity contribution in [1.29, 1.82) is 0 Å². The van der Waals surface area contributed by atoms with Crippen LogP contribution in [-0.2, 0) is 44.4 Å². The van der Waals surface area contributed by atoms with Gasteiger partial charge in [-0.1, -0.05) is 62.3 Å². The minimum absolute atomic E-state index is 0.0455. The summed E-state index contributed by atoms with van der Waals surface area (Å²) in [5.74, 6) is 3.31. The maximum absolute atomic E-state index is 11.8. The molecule has 0 amide bonds. The summed E-state index contributed by atoms with van der Waals surface area (Å²) in [6.07, 6.45) is 0.781. The number of rotatable bonds is 18. The van der Waals surface area contributed by atoms with Crippen molar-refractivity contribution < 1.29 is 61.1 Å². The van der Waals surface area contributed by atoms with E-state index in [1.165, 1.54) is 7.11 Å². The first-order chi connectivity index (χ1) is 29.9. The first-order valence-electron chi connectivity index (χ1n) is 21.7. The third kappa shape index (κ3) is 16.4. The maximum Gasteiger partial charge on any atom is 0.338 e. The second kappa shape index (κ2) is 24.7. The molecule has 0 heterocycles. The lowest BCUT2D eigenvalue weighted by atomic mass is 10.1. The van der Waals surface area contributed by atoms with E-state index in [4.69, 9.17) is 46.4 Å². The average Bonchev–Trinajstić information content (AvgIpc) is 3.24. The number of benzene rings is 3. The van der Waals surface area contributed by atoms with Crippen LogP contribution in [0.5, 0.6) is 34.5 Å². The molecule has 1 N–H and O–H groups in total. The molecule has 0 saturated heterocycles. The Hall–Kier alpha value is -3.91. The van der Waals surface area contributed by atoms with Crippen molar-refractivity contribution in [3.8, 4) is 34.5 Å². The number of hydrogen-bond donors (Lipinski definition) is 1. The van der Waals surface area contributed by atoms with Gasteiger partial charge in [0.2, 0.25) is 0 Å². The van der Waals surface area contributed by atoms with E-state index in [2.05, 4.69) is 102 Å². The monoisotopic (exact) mass is 963 g/mol. The molecule has 0 atom stereocenters. The van der Waals surface area contributed by atoms with Gasteiger partial charge >= 0.3 is 5.97 Å². The van der Waals surface area contributed by atoms with Gasteiger partial charge in [-0.05, 0) is 96.4 Å². The van der Waals surface area contributed by atoms with E-state index in [0.717, 1.165) is 28.5 Å². The summed E-state index contributed by atoms with van der Waals surface area (Å²) in [6, 6.07) is 10.4. The van der Waals surface area contributed by atoms with Gasteiger partial charge in [0.1, 0.15) is 40.8 Å². The van der Waals surface area contributed by atoms with E-state index in [0.29, 0.717) is 65.4 Å². The van der Waals surface area contributed by atoms with Gasteiger partial charge in [-0.3, -0.25) is 4.79 Å². The number of aliphatic hydroxyl groups is 1. The Bertz CT molecular complexity index is 1920. The Balaban J connectivity index is 0.000000488. The summed E-state index contributed by atoms with van der Waals surface area (Å²) in [7, 11) is 5.26.